The Balaban J connectivity index is 2.50. The Bertz CT molecular complexity index is 241. The van der Waals surface area contributed by atoms with E-state index in [1.165, 1.54) is 7.11 Å². The average molecular weight is 182 g/mol. The standard InChI is InChI=1S/C10H14O3/c1-3-4-5-8-6-7-9(12-2)10(11)13-8/h3-4,7-8H,5-6H2,1-2H3/b4-3-. The highest BCUT2D eigenvalue weighted by Gasteiger charge is 2.22. The molecule has 13 heavy (non-hydrogen) atoms. The highest BCUT2D eigenvalue weighted by atomic mass is 16.6. The van der Waals surface area contributed by atoms with Gasteiger partial charge in [0.1, 0.15) is 6.10 Å². The number of cyclic esters (lactones) is 1. The van der Waals surface area contributed by atoms with Gasteiger partial charge in [0.15, 0.2) is 5.76 Å². The Kier molecular flexibility index (Phi) is 3.55. The lowest BCUT2D eigenvalue weighted by molar-refractivity contribution is -0.149. The van der Waals surface area contributed by atoms with E-state index in [2.05, 4.69) is 0 Å². The quantitative estimate of drug-likeness (QED) is 0.493. The molecule has 0 aromatic carbocycles. The molecule has 1 rings (SSSR count). The largest absolute Gasteiger partial charge is 0.490 e. The Morgan fingerprint density at radius 3 is 3.08 bits per heavy atom. The van der Waals surface area contributed by atoms with Crippen molar-refractivity contribution in [2.24, 2.45) is 0 Å². The van der Waals surface area contributed by atoms with Crippen molar-refractivity contribution in [2.45, 2.75) is 25.9 Å². The fraction of sp³-hybridized carbons (Fsp3) is 0.500. The maximum Gasteiger partial charge on any atom is 0.373 e. The second-order valence-electron chi connectivity index (χ2n) is 2.84. The maximum atomic E-state index is 11.2. The SMILES string of the molecule is C/C=C\CC1CC=C(OC)C(=O)O1. The lowest BCUT2D eigenvalue weighted by Crippen LogP contribution is -2.23. The van der Waals surface area contributed by atoms with E-state index in [0.29, 0.717) is 5.76 Å². The van der Waals surface area contributed by atoms with Gasteiger partial charge in [-0.1, -0.05) is 12.2 Å². The van der Waals surface area contributed by atoms with Gasteiger partial charge in [0.05, 0.1) is 7.11 Å². The van der Waals surface area contributed by atoms with Gasteiger partial charge < -0.3 is 9.47 Å². The van der Waals surface area contributed by atoms with E-state index in [1.54, 1.807) is 6.08 Å². The van der Waals surface area contributed by atoms with Crippen LogP contribution in [0, 0.1) is 0 Å². The van der Waals surface area contributed by atoms with E-state index in [1.807, 2.05) is 19.1 Å². The van der Waals surface area contributed by atoms with Crippen LogP contribution in [0.5, 0.6) is 0 Å². The minimum absolute atomic E-state index is 0.0254. The smallest absolute Gasteiger partial charge is 0.373 e. The van der Waals surface area contributed by atoms with Crippen LogP contribution in [0.15, 0.2) is 24.0 Å². The number of rotatable bonds is 3. The highest BCUT2D eigenvalue weighted by Crippen LogP contribution is 2.16. The molecule has 0 amide bonds. The minimum atomic E-state index is -0.358. The molecular weight excluding hydrogens is 168 g/mol. The van der Waals surface area contributed by atoms with Crippen LogP contribution < -0.4 is 0 Å². The van der Waals surface area contributed by atoms with E-state index < -0.39 is 0 Å². The highest BCUT2D eigenvalue weighted by molar-refractivity contribution is 5.87. The summed E-state index contributed by atoms with van der Waals surface area (Å²) < 4.78 is 9.93. The molecule has 0 saturated carbocycles. The summed E-state index contributed by atoms with van der Waals surface area (Å²) in [6, 6.07) is 0. The molecule has 0 radical (unpaired) electrons. The van der Waals surface area contributed by atoms with Gasteiger partial charge in [-0.3, -0.25) is 0 Å². The molecule has 0 spiro atoms. The Morgan fingerprint density at radius 1 is 1.77 bits per heavy atom. The fourth-order valence-electron chi connectivity index (χ4n) is 1.18. The molecule has 0 aliphatic carbocycles. The fourth-order valence-corrected chi connectivity index (χ4v) is 1.18. The van der Waals surface area contributed by atoms with Gasteiger partial charge >= 0.3 is 5.97 Å². The van der Waals surface area contributed by atoms with E-state index >= 15 is 0 Å². The third-order valence-electron chi connectivity index (χ3n) is 1.90. The topological polar surface area (TPSA) is 35.5 Å². The molecule has 3 nitrogen and oxygen atoms in total. The van der Waals surface area contributed by atoms with Gasteiger partial charge in [-0.05, 0) is 13.0 Å². The summed E-state index contributed by atoms with van der Waals surface area (Å²) in [5, 5.41) is 0. The third-order valence-corrected chi connectivity index (χ3v) is 1.90. The van der Waals surface area contributed by atoms with Gasteiger partial charge in [-0.2, -0.15) is 0 Å². The van der Waals surface area contributed by atoms with Crippen molar-refractivity contribution < 1.29 is 14.3 Å². The van der Waals surface area contributed by atoms with E-state index in [0.717, 1.165) is 12.8 Å². The number of ether oxygens (including phenoxy) is 2. The first-order chi connectivity index (χ1) is 6.27. The van der Waals surface area contributed by atoms with Gasteiger partial charge in [0, 0.05) is 12.8 Å². The van der Waals surface area contributed by atoms with Crippen molar-refractivity contribution in [3.8, 4) is 0 Å². The Morgan fingerprint density at radius 2 is 2.54 bits per heavy atom. The molecule has 0 bridgehead atoms. The minimum Gasteiger partial charge on any atom is -0.490 e. The van der Waals surface area contributed by atoms with Crippen LogP contribution in [0.1, 0.15) is 19.8 Å². The van der Waals surface area contributed by atoms with Crippen molar-refractivity contribution in [3.63, 3.8) is 0 Å². The molecule has 72 valence electrons. The summed E-state index contributed by atoms with van der Waals surface area (Å²) in [5.41, 5.74) is 0. The average Bonchev–Trinajstić information content (AvgIpc) is 2.15. The second-order valence-corrected chi connectivity index (χ2v) is 2.84. The van der Waals surface area contributed by atoms with Gasteiger partial charge in [0.25, 0.3) is 0 Å². The molecule has 1 unspecified atom stereocenters. The van der Waals surface area contributed by atoms with E-state index in [-0.39, 0.29) is 12.1 Å². The summed E-state index contributed by atoms with van der Waals surface area (Å²) in [6.45, 7) is 1.95. The number of carbonyl (C=O) groups excluding carboxylic acids is 1. The number of allylic oxidation sites excluding steroid dienone is 1. The molecule has 1 heterocycles. The molecule has 3 heteroatoms. The number of methoxy groups -OCH3 is 1. The molecule has 0 saturated heterocycles. The summed E-state index contributed by atoms with van der Waals surface area (Å²) in [5.74, 6) is -0.0417. The predicted molar refractivity (Wildman–Crippen MR) is 49.0 cm³/mol. The summed E-state index contributed by atoms with van der Waals surface area (Å²) in [6.07, 6.45) is 7.20. The van der Waals surface area contributed by atoms with Crippen LogP contribution in [-0.4, -0.2) is 19.2 Å². The first kappa shape index (κ1) is 9.84. The number of hydrogen-bond acceptors (Lipinski definition) is 3. The van der Waals surface area contributed by atoms with Crippen LogP contribution in [0.2, 0.25) is 0 Å². The second kappa shape index (κ2) is 4.70. The number of hydrogen-bond donors (Lipinski definition) is 0. The normalized spacial score (nSPS) is 22.8. The van der Waals surface area contributed by atoms with Crippen molar-refractivity contribution in [2.75, 3.05) is 7.11 Å². The molecule has 1 atom stereocenters. The lowest BCUT2D eigenvalue weighted by Gasteiger charge is -2.20. The van der Waals surface area contributed by atoms with Crippen LogP contribution in [-0.2, 0) is 14.3 Å². The Labute approximate surface area is 78.0 Å². The number of esters is 1. The van der Waals surface area contributed by atoms with Gasteiger partial charge in [0.2, 0.25) is 0 Å². The number of carbonyl (C=O) groups is 1. The first-order valence-corrected chi connectivity index (χ1v) is 4.34. The summed E-state index contributed by atoms with van der Waals surface area (Å²) >= 11 is 0. The zero-order valence-electron chi connectivity index (χ0n) is 7.95. The molecule has 1 aliphatic rings. The molecular formula is C10H14O3. The zero-order valence-corrected chi connectivity index (χ0v) is 7.95. The molecule has 0 fully saturated rings. The Hall–Kier alpha value is -1.25. The van der Waals surface area contributed by atoms with Crippen LogP contribution in [0.4, 0.5) is 0 Å². The van der Waals surface area contributed by atoms with Crippen LogP contribution in [0.25, 0.3) is 0 Å². The lowest BCUT2D eigenvalue weighted by atomic mass is 10.1. The van der Waals surface area contributed by atoms with Crippen molar-refractivity contribution in [3.05, 3.63) is 24.0 Å². The van der Waals surface area contributed by atoms with Gasteiger partial charge in [-0.25, -0.2) is 4.79 Å². The van der Waals surface area contributed by atoms with Gasteiger partial charge in [-0.15, -0.1) is 0 Å². The third kappa shape index (κ3) is 2.61. The van der Waals surface area contributed by atoms with Crippen molar-refractivity contribution in [1.29, 1.82) is 0 Å². The molecule has 1 aliphatic heterocycles. The maximum absolute atomic E-state index is 11.2. The molecule has 0 aromatic rings. The first-order valence-electron chi connectivity index (χ1n) is 4.34. The monoisotopic (exact) mass is 182 g/mol. The van der Waals surface area contributed by atoms with Crippen LogP contribution in [0.3, 0.4) is 0 Å². The summed E-state index contributed by atoms with van der Waals surface area (Å²) in [7, 11) is 1.47. The molecule has 0 N–H and O–H groups in total. The molecule has 0 aromatic heterocycles. The van der Waals surface area contributed by atoms with Crippen LogP contribution >= 0.6 is 0 Å². The van der Waals surface area contributed by atoms with Crippen molar-refractivity contribution >= 4 is 5.97 Å². The summed E-state index contributed by atoms with van der Waals surface area (Å²) in [4.78, 5) is 11.2. The van der Waals surface area contributed by atoms with Crippen molar-refractivity contribution in [1.82, 2.24) is 0 Å². The van der Waals surface area contributed by atoms with E-state index in [9.17, 15) is 4.79 Å². The van der Waals surface area contributed by atoms with E-state index in [4.69, 9.17) is 9.47 Å². The predicted octanol–water partition coefficient (Wildman–Crippen LogP) is 1.80. The zero-order chi connectivity index (χ0) is 9.68.